The van der Waals surface area contributed by atoms with Gasteiger partial charge in [0.05, 0.1) is 5.92 Å². The first-order chi connectivity index (χ1) is 6.86. The van der Waals surface area contributed by atoms with Crippen LogP contribution < -0.4 is 34.7 Å². The second-order valence-corrected chi connectivity index (χ2v) is 3.02. The maximum absolute atomic E-state index is 11.5. The molecule has 0 saturated carbocycles. The minimum absolute atomic E-state index is 0. The Kier molecular flexibility index (Phi) is 9.70. The summed E-state index contributed by atoms with van der Waals surface area (Å²) in [6.45, 7) is 2.05. The first kappa shape index (κ1) is 17.9. The number of rotatable bonds is 5. The van der Waals surface area contributed by atoms with Gasteiger partial charge in [-0.1, -0.05) is 13.8 Å². The van der Waals surface area contributed by atoms with Crippen molar-refractivity contribution in [2.45, 2.75) is 13.8 Å². The van der Waals surface area contributed by atoms with E-state index in [1.807, 2.05) is 0 Å². The van der Waals surface area contributed by atoms with Crippen LogP contribution in [0.25, 0.3) is 0 Å². The van der Waals surface area contributed by atoms with E-state index in [2.05, 4.69) is 4.74 Å². The summed E-state index contributed by atoms with van der Waals surface area (Å²) in [6, 6.07) is 0. The summed E-state index contributed by atoms with van der Waals surface area (Å²) < 4.78 is 27.5. The molecule has 0 amide bonds. The Labute approximate surface area is 114 Å². The molecule has 0 fully saturated rings. The quantitative estimate of drug-likeness (QED) is 0.391. The third-order valence-corrected chi connectivity index (χ3v) is 1.96. The summed E-state index contributed by atoms with van der Waals surface area (Å²) in [6.07, 6.45) is -1.53. The Morgan fingerprint density at radius 3 is 2.19 bits per heavy atom. The van der Waals surface area contributed by atoms with E-state index in [-0.39, 0.29) is 29.6 Å². The van der Waals surface area contributed by atoms with Gasteiger partial charge >= 0.3 is 35.5 Å². The number of esters is 1. The zero-order valence-corrected chi connectivity index (χ0v) is 11.3. The fourth-order valence-corrected chi connectivity index (χ4v) is 0.726. The van der Waals surface area contributed by atoms with Gasteiger partial charge in [-0.25, -0.2) is 0 Å². The summed E-state index contributed by atoms with van der Waals surface area (Å²) in [7, 11) is 0. The SMILES string of the molecule is CC(C(=O)[O-])C(C)C(=O)OCC=C(F)F.[Na+]. The van der Waals surface area contributed by atoms with E-state index in [9.17, 15) is 23.5 Å². The fourth-order valence-electron chi connectivity index (χ4n) is 0.726. The predicted molar refractivity (Wildman–Crippen MR) is 44.6 cm³/mol. The second kappa shape index (κ2) is 8.66. The van der Waals surface area contributed by atoms with Crippen molar-refractivity contribution in [1.82, 2.24) is 0 Å². The average molecular weight is 244 g/mol. The van der Waals surface area contributed by atoms with Crippen molar-refractivity contribution in [2.75, 3.05) is 6.61 Å². The van der Waals surface area contributed by atoms with Crippen LogP contribution in [0.15, 0.2) is 12.2 Å². The number of halogens is 2. The Balaban J connectivity index is 0. The van der Waals surface area contributed by atoms with Gasteiger partial charge in [-0.3, -0.25) is 4.79 Å². The van der Waals surface area contributed by atoms with Gasteiger partial charge in [-0.05, 0) is 0 Å². The molecule has 0 spiro atoms. The van der Waals surface area contributed by atoms with E-state index >= 15 is 0 Å². The second-order valence-electron chi connectivity index (χ2n) is 3.02. The van der Waals surface area contributed by atoms with Gasteiger partial charge in [-0.15, -0.1) is 0 Å². The molecule has 0 aliphatic rings. The molecule has 0 N–H and O–H groups in total. The molecule has 7 heteroatoms. The number of aliphatic carboxylic acids is 1. The van der Waals surface area contributed by atoms with E-state index in [0.717, 1.165) is 0 Å². The van der Waals surface area contributed by atoms with Gasteiger partial charge in [0, 0.05) is 18.0 Å². The van der Waals surface area contributed by atoms with Crippen LogP contribution in [0, 0.1) is 11.8 Å². The van der Waals surface area contributed by atoms with Crippen molar-refractivity contribution >= 4 is 11.9 Å². The van der Waals surface area contributed by atoms with Crippen molar-refractivity contribution in [3.05, 3.63) is 12.2 Å². The topological polar surface area (TPSA) is 66.4 Å². The molecule has 2 atom stereocenters. The smallest absolute Gasteiger partial charge is 0.550 e. The third kappa shape index (κ3) is 6.92. The Bertz CT molecular complexity index is 277. The predicted octanol–water partition coefficient (Wildman–Crippen LogP) is -2.66. The monoisotopic (exact) mass is 244 g/mol. The van der Waals surface area contributed by atoms with Crippen LogP contribution >= 0.6 is 0 Å². The number of carboxylic acids is 1. The largest absolute Gasteiger partial charge is 1.00 e. The molecule has 0 rings (SSSR count). The molecule has 0 aliphatic carbocycles. The molecule has 0 aromatic rings. The molecule has 16 heavy (non-hydrogen) atoms. The summed E-state index contributed by atoms with van der Waals surface area (Å²) in [5, 5.41) is 10.4. The summed E-state index contributed by atoms with van der Waals surface area (Å²) in [5.41, 5.74) is 0. The van der Waals surface area contributed by atoms with Crippen LogP contribution in [0.2, 0.25) is 0 Å². The molecular formula is C9H11F2NaO4. The van der Waals surface area contributed by atoms with Crippen LogP contribution in [0.3, 0.4) is 0 Å². The molecule has 0 aromatic heterocycles. The van der Waals surface area contributed by atoms with Gasteiger partial charge in [0.15, 0.2) is 0 Å². The molecule has 86 valence electrons. The molecule has 2 unspecified atom stereocenters. The Morgan fingerprint density at radius 2 is 1.81 bits per heavy atom. The van der Waals surface area contributed by atoms with Crippen LogP contribution in [-0.2, 0) is 14.3 Å². The maximum Gasteiger partial charge on any atom is 1.00 e. The van der Waals surface area contributed by atoms with Crippen LogP contribution in [0.1, 0.15) is 13.8 Å². The number of carboxylic acid groups (broad SMARTS) is 1. The van der Waals surface area contributed by atoms with Gasteiger partial charge in [0.25, 0.3) is 6.08 Å². The molecule has 4 nitrogen and oxygen atoms in total. The molecule has 0 heterocycles. The number of ether oxygens (including phenoxy) is 1. The molecule has 0 bridgehead atoms. The van der Waals surface area contributed by atoms with Crippen molar-refractivity contribution in [3.8, 4) is 0 Å². The van der Waals surface area contributed by atoms with E-state index in [1.54, 1.807) is 0 Å². The Hall–Kier alpha value is -0.460. The Morgan fingerprint density at radius 1 is 1.31 bits per heavy atom. The maximum atomic E-state index is 11.5. The van der Waals surface area contributed by atoms with Crippen LogP contribution in [0.5, 0.6) is 0 Å². The van der Waals surface area contributed by atoms with E-state index < -0.39 is 36.5 Å². The minimum atomic E-state index is -1.96. The van der Waals surface area contributed by atoms with Gasteiger partial charge < -0.3 is 14.6 Å². The molecule has 0 saturated heterocycles. The van der Waals surface area contributed by atoms with Crippen molar-refractivity contribution in [3.63, 3.8) is 0 Å². The third-order valence-electron chi connectivity index (χ3n) is 1.96. The first-order valence-electron chi connectivity index (χ1n) is 4.25. The number of carbonyl (C=O) groups is 2. The molecular weight excluding hydrogens is 233 g/mol. The van der Waals surface area contributed by atoms with E-state index in [4.69, 9.17) is 0 Å². The van der Waals surface area contributed by atoms with Crippen molar-refractivity contribution in [2.24, 2.45) is 11.8 Å². The molecule has 0 aliphatic heterocycles. The normalized spacial score (nSPS) is 13.0. The van der Waals surface area contributed by atoms with E-state index in [1.165, 1.54) is 13.8 Å². The zero-order valence-electron chi connectivity index (χ0n) is 9.33. The minimum Gasteiger partial charge on any atom is -0.550 e. The van der Waals surface area contributed by atoms with Gasteiger partial charge in [-0.2, -0.15) is 8.78 Å². The number of hydrogen-bond donors (Lipinski definition) is 0. The van der Waals surface area contributed by atoms with E-state index in [0.29, 0.717) is 6.08 Å². The van der Waals surface area contributed by atoms with Crippen molar-refractivity contribution < 1.29 is 57.8 Å². The first-order valence-corrected chi connectivity index (χ1v) is 4.25. The summed E-state index contributed by atoms with van der Waals surface area (Å²) >= 11 is 0. The van der Waals surface area contributed by atoms with Crippen LogP contribution in [-0.4, -0.2) is 18.5 Å². The van der Waals surface area contributed by atoms with Crippen molar-refractivity contribution in [1.29, 1.82) is 0 Å². The van der Waals surface area contributed by atoms with Crippen LogP contribution in [0.4, 0.5) is 8.78 Å². The fraction of sp³-hybridized carbons (Fsp3) is 0.556. The standard InChI is InChI=1S/C9H12F2O4.Na/c1-5(8(12)13)6(2)9(14)15-4-3-7(10)11;/h3,5-6H,4H2,1-2H3,(H,12,13);/q;+1/p-1. The molecule has 0 radical (unpaired) electrons. The average Bonchev–Trinajstić information content (AvgIpc) is 2.14. The zero-order chi connectivity index (χ0) is 12.0. The summed E-state index contributed by atoms with van der Waals surface area (Å²) in [4.78, 5) is 21.5. The van der Waals surface area contributed by atoms with Gasteiger partial charge in [0.2, 0.25) is 0 Å². The van der Waals surface area contributed by atoms with Gasteiger partial charge in [0.1, 0.15) is 6.61 Å². The summed E-state index contributed by atoms with van der Waals surface area (Å²) in [5.74, 6) is -4.17. The number of hydrogen-bond acceptors (Lipinski definition) is 4. The number of carbonyl (C=O) groups excluding carboxylic acids is 2. The molecule has 0 aromatic carbocycles.